The minimum Gasteiger partial charge on any atom is -0.386 e. The van der Waals surface area contributed by atoms with Crippen molar-refractivity contribution in [1.82, 2.24) is 0 Å². The first-order valence-electron chi connectivity index (χ1n) is 9.03. The Labute approximate surface area is 140 Å². The van der Waals surface area contributed by atoms with Crippen molar-refractivity contribution in [2.24, 2.45) is 0 Å². The molecule has 134 valence electrons. The molecule has 0 aliphatic heterocycles. The molecule has 0 aliphatic carbocycles. The molecule has 0 aliphatic rings. The summed E-state index contributed by atoms with van der Waals surface area (Å²) in [5.41, 5.74) is 0. The molecule has 23 heavy (non-hydrogen) atoms. The summed E-state index contributed by atoms with van der Waals surface area (Å²) in [6.45, 7) is 2.14. The molecule has 0 aromatic rings. The van der Waals surface area contributed by atoms with E-state index in [-0.39, 0.29) is 4.92 Å². The van der Waals surface area contributed by atoms with Crippen LogP contribution in [0.15, 0.2) is 12.2 Å². The van der Waals surface area contributed by atoms with Crippen LogP contribution in [-0.2, 0) is 4.79 Å². The van der Waals surface area contributed by atoms with Crippen molar-refractivity contribution in [3.05, 3.63) is 22.3 Å². The third-order valence-corrected chi connectivity index (χ3v) is 4.06. The maximum absolute atomic E-state index is 11.1. The van der Waals surface area contributed by atoms with Gasteiger partial charge in [0.15, 0.2) is 0 Å². The fourth-order valence-corrected chi connectivity index (χ4v) is 2.55. The molecule has 0 aromatic heterocycles. The van der Waals surface area contributed by atoms with Gasteiger partial charge in [-0.25, -0.2) is 0 Å². The molecule has 0 spiro atoms. The van der Waals surface area contributed by atoms with Crippen LogP contribution in [-0.4, -0.2) is 28.5 Å². The van der Waals surface area contributed by atoms with Crippen LogP contribution in [0.2, 0.25) is 0 Å². The van der Waals surface area contributed by atoms with E-state index in [1.807, 2.05) is 12.2 Å². The fourth-order valence-electron chi connectivity index (χ4n) is 2.55. The molecule has 0 aromatic carbocycles. The normalized spacial score (nSPS) is 14.0. The maximum atomic E-state index is 11.1. The van der Waals surface area contributed by atoms with E-state index in [0.29, 0.717) is 19.3 Å². The van der Waals surface area contributed by atoms with E-state index < -0.39 is 12.1 Å². The molecule has 0 amide bonds. The number of nitro groups is 1. The van der Waals surface area contributed by atoms with Gasteiger partial charge in [0.1, 0.15) is 12.4 Å². The topological polar surface area (TPSA) is 80.4 Å². The summed E-state index contributed by atoms with van der Waals surface area (Å²) < 4.78 is 0. The largest absolute Gasteiger partial charge is 0.386 e. The zero-order valence-corrected chi connectivity index (χ0v) is 14.5. The van der Waals surface area contributed by atoms with Crippen molar-refractivity contribution in [2.75, 3.05) is 0 Å². The molecule has 1 N–H and O–H groups in total. The highest BCUT2D eigenvalue weighted by atomic mass is 16.6. The predicted octanol–water partition coefficient (Wildman–Crippen LogP) is 4.45. The SMILES string of the molecule is CCCCC/C=C\CC(C(O)CCCCCCCC=O)[N+](=O)[O-]. The van der Waals surface area contributed by atoms with Crippen LogP contribution in [0.3, 0.4) is 0 Å². The van der Waals surface area contributed by atoms with Gasteiger partial charge in [-0.3, -0.25) is 10.1 Å². The van der Waals surface area contributed by atoms with Crippen LogP contribution in [0.1, 0.15) is 84.0 Å². The highest BCUT2D eigenvalue weighted by molar-refractivity contribution is 5.48. The van der Waals surface area contributed by atoms with Gasteiger partial charge in [-0.05, 0) is 25.7 Å². The molecule has 0 rings (SSSR count). The van der Waals surface area contributed by atoms with Crippen molar-refractivity contribution in [1.29, 1.82) is 0 Å². The van der Waals surface area contributed by atoms with Gasteiger partial charge < -0.3 is 9.90 Å². The van der Waals surface area contributed by atoms with Gasteiger partial charge in [0, 0.05) is 17.8 Å². The second-order valence-electron chi connectivity index (χ2n) is 6.13. The average molecular weight is 327 g/mol. The summed E-state index contributed by atoms with van der Waals surface area (Å²) in [5, 5.41) is 21.1. The van der Waals surface area contributed by atoms with E-state index in [1.165, 1.54) is 12.8 Å². The summed E-state index contributed by atoms with van der Waals surface area (Å²) in [7, 11) is 0. The molecule has 0 saturated heterocycles. The Morgan fingerprint density at radius 2 is 1.65 bits per heavy atom. The number of nitrogens with zero attached hydrogens (tertiary/aromatic N) is 1. The Hall–Kier alpha value is -1.23. The first kappa shape index (κ1) is 21.8. The average Bonchev–Trinajstić information content (AvgIpc) is 2.52. The standard InChI is InChI=1S/C18H33NO4/c1-2-3-4-5-8-11-14-17(19(22)23)18(21)15-12-9-6-7-10-13-16-20/h8,11,16-18,21H,2-7,9-10,12-15H2,1H3/b11-8-. The summed E-state index contributed by atoms with van der Waals surface area (Å²) in [6, 6.07) is -0.896. The number of carbonyl (C=O) groups excluding carboxylic acids is 1. The first-order valence-corrected chi connectivity index (χ1v) is 9.03. The molecule has 0 bridgehead atoms. The van der Waals surface area contributed by atoms with Gasteiger partial charge in [-0.1, -0.05) is 57.6 Å². The zero-order valence-electron chi connectivity index (χ0n) is 14.5. The van der Waals surface area contributed by atoms with E-state index in [4.69, 9.17) is 0 Å². The third kappa shape index (κ3) is 13.0. The fraction of sp³-hybridized carbons (Fsp3) is 0.833. The smallest absolute Gasteiger partial charge is 0.241 e. The number of aliphatic hydroxyl groups excluding tert-OH is 1. The zero-order chi connectivity index (χ0) is 17.3. The molecular formula is C18H33NO4. The summed E-state index contributed by atoms with van der Waals surface area (Å²) in [6.07, 6.45) is 14.4. The molecule has 5 heteroatoms. The monoisotopic (exact) mass is 327 g/mol. The van der Waals surface area contributed by atoms with Gasteiger partial charge in [0.05, 0.1) is 0 Å². The Balaban J connectivity index is 3.89. The number of carbonyl (C=O) groups is 1. The molecule has 0 heterocycles. The summed E-state index contributed by atoms with van der Waals surface area (Å²) in [5.74, 6) is 0. The lowest BCUT2D eigenvalue weighted by Crippen LogP contribution is -2.33. The molecule has 0 radical (unpaired) electrons. The van der Waals surface area contributed by atoms with Gasteiger partial charge in [-0.15, -0.1) is 0 Å². The van der Waals surface area contributed by atoms with Gasteiger partial charge >= 0.3 is 0 Å². The van der Waals surface area contributed by atoms with E-state index in [0.717, 1.165) is 51.2 Å². The molecule has 0 fully saturated rings. The Morgan fingerprint density at radius 3 is 2.30 bits per heavy atom. The summed E-state index contributed by atoms with van der Waals surface area (Å²) in [4.78, 5) is 20.9. The lowest BCUT2D eigenvalue weighted by Gasteiger charge is -2.14. The number of hydrogen-bond acceptors (Lipinski definition) is 4. The van der Waals surface area contributed by atoms with Crippen LogP contribution >= 0.6 is 0 Å². The predicted molar refractivity (Wildman–Crippen MR) is 93.1 cm³/mol. The molecule has 2 atom stereocenters. The lowest BCUT2D eigenvalue weighted by molar-refractivity contribution is -0.533. The van der Waals surface area contributed by atoms with E-state index in [2.05, 4.69) is 6.92 Å². The van der Waals surface area contributed by atoms with E-state index in [1.54, 1.807) is 0 Å². The lowest BCUT2D eigenvalue weighted by atomic mass is 10.0. The van der Waals surface area contributed by atoms with Crippen molar-refractivity contribution < 1.29 is 14.8 Å². The second kappa shape index (κ2) is 15.7. The molecule has 5 nitrogen and oxygen atoms in total. The number of allylic oxidation sites excluding steroid dienone is 1. The molecule has 0 saturated carbocycles. The maximum Gasteiger partial charge on any atom is 0.241 e. The minimum atomic E-state index is -0.896. The number of unbranched alkanes of at least 4 members (excludes halogenated alkanes) is 8. The van der Waals surface area contributed by atoms with Crippen molar-refractivity contribution in [3.8, 4) is 0 Å². The minimum absolute atomic E-state index is 0.305. The van der Waals surface area contributed by atoms with Crippen LogP contribution in [0.5, 0.6) is 0 Å². The Kier molecular flexibility index (Phi) is 14.8. The summed E-state index contributed by atoms with van der Waals surface area (Å²) >= 11 is 0. The van der Waals surface area contributed by atoms with Gasteiger partial charge in [0.25, 0.3) is 0 Å². The molecule has 2 unspecified atom stereocenters. The number of aliphatic hydroxyl groups is 1. The van der Waals surface area contributed by atoms with Crippen molar-refractivity contribution >= 4 is 6.29 Å². The van der Waals surface area contributed by atoms with Crippen LogP contribution in [0.4, 0.5) is 0 Å². The van der Waals surface area contributed by atoms with E-state index in [9.17, 15) is 20.0 Å². The Bertz CT molecular complexity index is 331. The highest BCUT2D eigenvalue weighted by Gasteiger charge is 2.27. The Morgan fingerprint density at radius 1 is 1.00 bits per heavy atom. The van der Waals surface area contributed by atoms with E-state index >= 15 is 0 Å². The molecular weight excluding hydrogens is 294 g/mol. The second-order valence-corrected chi connectivity index (χ2v) is 6.13. The number of aldehydes is 1. The van der Waals surface area contributed by atoms with Gasteiger partial charge in [-0.2, -0.15) is 0 Å². The van der Waals surface area contributed by atoms with Crippen molar-refractivity contribution in [2.45, 2.75) is 96.1 Å². The third-order valence-electron chi connectivity index (χ3n) is 4.06. The van der Waals surface area contributed by atoms with Crippen LogP contribution in [0.25, 0.3) is 0 Å². The highest BCUT2D eigenvalue weighted by Crippen LogP contribution is 2.14. The number of rotatable bonds is 16. The first-order chi connectivity index (χ1) is 11.1. The van der Waals surface area contributed by atoms with Crippen molar-refractivity contribution in [3.63, 3.8) is 0 Å². The number of hydrogen-bond donors (Lipinski definition) is 1. The van der Waals surface area contributed by atoms with Gasteiger partial charge in [0.2, 0.25) is 6.04 Å². The van der Waals surface area contributed by atoms with Crippen LogP contribution in [0, 0.1) is 10.1 Å². The quantitative estimate of drug-likeness (QED) is 0.149. The van der Waals surface area contributed by atoms with Crippen LogP contribution < -0.4 is 0 Å².